The molecule has 0 atom stereocenters. The number of nitro benzene ring substituents is 1. The number of nitro groups is 1. The van der Waals surface area contributed by atoms with Gasteiger partial charge in [0.25, 0.3) is 0 Å². The van der Waals surface area contributed by atoms with E-state index in [1.807, 2.05) is 0 Å². The minimum atomic E-state index is -1.19. The fraction of sp³-hybridized carbons (Fsp3) is 0.300. The van der Waals surface area contributed by atoms with Crippen molar-refractivity contribution in [3.05, 3.63) is 33.9 Å². The number of carbonyl (C=O) groups is 1. The van der Waals surface area contributed by atoms with E-state index in [1.54, 1.807) is 0 Å². The van der Waals surface area contributed by atoms with Crippen LogP contribution in [0, 0.1) is 10.1 Å². The highest BCUT2D eigenvalue weighted by Crippen LogP contribution is 2.33. The van der Waals surface area contributed by atoms with Gasteiger partial charge in [0, 0.05) is 6.07 Å². The fourth-order valence-electron chi connectivity index (χ4n) is 1.26. The molecule has 1 fully saturated rings. The van der Waals surface area contributed by atoms with Crippen LogP contribution in [0.1, 0.15) is 23.2 Å². The molecular weight excluding hydrogens is 214 g/mol. The van der Waals surface area contributed by atoms with Gasteiger partial charge in [-0.05, 0) is 25.0 Å². The van der Waals surface area contributed by atoms with Crippen LogP contribution in [-0.2, 0) is 0 Å². The van der Waals surface area contributed by atoms with Crippen LogP contribution >= 0.6 is 0 Å². The van der Waals surface area contributed by atoms with Crippen molar-refractivity contribution in [2.45, 2.75) is 18.9 Å². The molecule has 0 aromatic heterocycles. The molecule has 84 valence electrons. The standard InChI is InChI=1S/C10H9NO5/c12-10(13)6-1-4-9(16-7-2-3-7)8(5-6)11(14)15/h1,4-5,7H,2-3H2,(H,12,13). The summed E-state index contributed by atoms with van der Waals surface area (Å²) in [5.41, 5.74) is -0.415. The predicted octanol–water partition coefficient (Wildman–Crippen LogP) is 1.83. The first kappa shape index (κ1) is 10.4. The number of hydrogen-bond acceptors (Lipinski definition) is 4. The monoisotopic (exact) mass is 223 g/mol. The smallest absolute Gasteiger partial charge is 0.335 e. The number of hydrogen-bond donors (Lipinski definition) is 1. The quantitative estimate of drug-likeness (QED) is 0.621. The zero-order valence-electron chi connectivity index (χ0n) is 8.25. The van der Waals surface area contributed by atoms with E-state index in [-0.39, 0.29) is 23.1 Å². The molecule has 1 N–H and O–H groups in total. The molecule has 0 radical (unpaired) electrons. The average molecular weight is 223 g/mol. The molecule has 2 rings (SSSR count). The highest BCUT2D eigenvalue weighted by molar-refractivity contribution is 5.88. The summed E-state index contributed by atoms with van der Waals surface area (Å²) in [5, 5.41) is 19.4. The summed E-state index contributed by atoms with van der Waals surface area (Å²) >= 11 is 0. The van der Waals surface area contributed by atoms with Crippen molar-refractivity contribution >= 4 is 11.7 Å². The summed E-state index contributed by atoms with van der Waals surface area (Å²) < 4.78 is 5.32. The van der Waals surface area contributed by atoms with E-state index in [4.69, 9.17) is 9.84 Å². The number of carboxylic acids is 1. The molecule has 1 aliphatic rings. The largest absolute Gasteiger partial charge is 0.483 e. The molecule has 0 bridgehead atoms. The van der Waals surface area contributed by atoms with Gasteiger partial charge >= 0.3 is 11.7 Å². The summed E-state index contributed by atoms with van der Waals surface area (Å²) in [5.74, 6) is -1.06. The summed E-state index contributed by atoms with van der Waals surface area (Å²) in [4.78, 5) is 20.8. The Morgan fingerprint density at radius 1 is 1.50 bits per heavy atom. The van der Waals surface area contributed by atoms with Crippen molar-refractivity contribution in [2.75, 3.05) is 0 Å². The van der Waals surface area contributed by atoms with E-state index in [0.717, 1.165) is 18.9 Å². The Balaban J connectivity index is 2.35. The van der Waals surface area contributed by atoms with Gasteiger partial charge in [-0.15, -0.1) is 0 Å². The van der Waals surface area contributed by atoms with E-state index < -0.39 is 10.9 Å². The van der Waals surface area contributed by atoms with Crippen LogP contribution < -0.4 is 4.74 Å². The third kappa shape index (κ3) is 2.10. The molecule has 1 aliphatic carbocycles. The Hall–Kier alpha value is -2.11. The number of benzene rings is 1. The van der Waals surface area contributed by atoms with Crippen molar-refractivity contribution < 1.29 is 19.6 Å². The number of nitrogens with zero attached hydrogens (tertiary/aromatic N) is 1. The zero-order chi connectivity index (χ0) is 11.7. The molecule has 0 spiro atoms. The highest BCUT2D eigenvalue weighted by atomic mass is 16.6. The first-order chi connectivity index (χ1) is 7.58. The van der Waals surface area contributed by atoms with Gasteiger partial charge in [0.1, 0.15) is 0 Å². The van der Waals surface area contributed by atoms with Gasteiger partial charge in [0.2, 0.25) is 0 Å². The third-order valence-electron chi connectivity index (χ3n) is 2.22. The van der Waals surface area contributed by atoms with Crippen LogP contribution in [-0.4, -0.2) is 22.1 Å². The van der Waals surface area contributed by atoms with Crippen LogP contribution in [0.4, 0.5) is 5.69 Å². The first-order valence-corrected chi connectivity index (χ1v) is 4.76. The zero-order valence-corrected chi connectivity index (χ0v) is 8.25. The lowest BCUT2D eigenvalue weighted by molar-refractivity contribution is -0.386. The SMILES string of the molecule is O=C(O)c1ccc(OC2CC2)c([N+](=O)[O-])c1. The van der Waals surface area contributed by atoms with Crippen LogP contribution in [0.15, 0.2) is 18.2 Å². The maximum Gasteiger partial charge on any atom is 0.335 e. The summed E-state index contributed by atoms with van der Waals surface area (Å²) in [7, 11) is 0. The lowest BCUT2D eigenvalue weighted by Gasteiger charge is -2.05. The minimum Gasteiger partial charge on any atom is -0.483 e. The Bertz CT molecular complexity index is 453. The van der Waals surface area contributed by atoms with Crippen LogP contribution in [0.3, 0.4) is 0 Å². The summed E-state index contributed by atoms with van der Waals surface area (Å²) in [6.07, 6.45) is 1.81. The Kier molecular flexibility index (Phi) is 2.47. The van der Waals surface area contributed by atoms with Gasteiger partial charge in [-0.3, -0.25) is 10.1 Å². The van der Waals surface area contributed by atoms with Gasteiger partial charge in [0.15, 0.2) is 5.75 Å². The van der Waals surface area contributed by atoms with Gasteiger partial charge in [-0.2, -0.15) is 0 Å². The lowest BCUT2D eigenvalue weighted by Crippen LogP contribution is -2.03. The van der Waals surface area contributed by atoms with Crippen LogP contribution in [0.5, 0.6) is 5.75 Å². The summed E-state index contributed by atoms with van der Waals surface area (Å²) in [6.45, 7) is 0. The van der Waals surface area contributed by atoms with Gasteiger partial charge < -0.3 is 9.84 Å². The topological polar surface area (TPSA) is 89.7 Å². The molecule has 1 aromatic rings. The Morgan fingerprint density at radius 2 is 2.19 bits per heavy atom. The second-order valence-electron chi connectivity index (χ2n) is 3.56. The number of rotatable bonds is 4. The molecular formula is C10H9NO5. The van der Waals surface area contributed by atoms with Crippen molar-refractivity contribution in [1.29, 1.82) is 0 Å². The van der Waals surface area contributed by atoms with E-state index in [1.165, 1.54) is 12.1 Å². The molecule has 1 saturated carbocycles. The highest BCUT2D eigenvalue weighted by Gasteiger charge is 2.27. The van der Waals surface area contributed by atoms with E-state index in [0.29, 0.717) is 0 Å². The summed E-state index contributed by atoms with van der Waals surface area (Å²) in [6, 6.07) is 3.65. The van der Waals surface area contributed by atoms with Crippen molar-refractivity contribution in [3.8, 4) is 5.75 Å². The maximum atomic E-state index is 10.7. The molecule has 0 heterocycles. The molecule has 0 aliphatic heterocycles. The average Bonchev–Trinajstić information content (AvgIpc) is 3.01. The second-order valence-corrected chi connectivity index (χ2v) is 3.56. The first-order valence-electron chi connectivity index (χ1n) is 4.76. The Labute approximate surface area is 90.6 Å². The van der Waals surface area contributed by atoms with Crippen LogP contribution in [0.25, 0.3) is 0 Å². The predicted molar refractivity (Wildman–Crippen MR) is 53.7 cm³/mol. The van der Waals surface area contributed by atoms with Crippen molar-refractivity contribution in [3.63, 3.8) is 0 Å². The van der Waals surface area contributed by atoms with Gasteiger partial charge in [-0.25, -0.2) is 4.79 Å². The van der Waals surface area contributed by atoms with Gasteiger partial charge in [0.05, 0.1) is 16.6 Å². The van der Waals surface area contributed by atoms with Crippen molar-refractivity contribution in [2.24, 2.45) is 0 Å². The second kappa shape index (κ2) is 3.80. The van der Waals surface area contributed by atoms with Crippen molar-refractivity contribution in [1.82, 2.24) is 0 Å². The van der Waals surface area contributed by atoms with E-state index in [9.17, 15) is 14.9 Å². The number of carboxylic acid groups (broad SMARTS) is 1. The molecule has 0 unspecified atom stereocenters. The molecule has 16 heavy (non-hydrogen) atoms. The molecule has 6 nitrogen and oxygen atoms in total. The maximum absolute atomic E-state index is 10.7. The molecule has 1 aromatic carbocycles. The van der Waals surface area contributed by atoms with E-state index >= 15 is 0 Å². The normalized spacial score (nSPS) is 14.5. The van der Waals surface area contributed by atoms with E-state index in [2.05, 4.69) is 0 Å². The lowest BCUT2D eigenvalue weighted by atomic mass is 10.2. The van der Waals surface area contributed by atoms with Gasteiger partial charge in [-0.1, -0.05) is 0 Å². The molecule has 0 saturated heterocycles. The minimum absolute atomic E-state index is 0.0365. The van der Waals surface area contributed by atoms with Crippen LogP contribution in [0.2, 0.25) is 0 Å². The number of ether oxygens (including phenoxy) is 1. The fourth-order valence-corrected chi connectivity index (χ4v) is 1.26. The molecule has 6 heteroatoms. The molecule has 0 amide bonds. The Morgan fingerprint density at radius 3 is 2.69 bits per heavy atom. The third-order valence-corrected chi connectivity index (χ3v) is 2.22. The number of aromatic carboxylic acids is 1.